The number of rotatable bonds is 8. The third-order valence-corrected chi connectivity index (χ3v) is 6.26. The normalized spacial score (nSPS) is 11.2. The topological polar surface area (TPSA) is 38.1 Å². The summed E-state index contributed by atoms with van der Waals surface area (Å²) in [6.45, 7) is 12.9. The summed E-state index contributed by atoms with van der Waals surface area (Å²) in [4.78, 5) is 19.9. The van der Waals surface area contributed by atoms with Crippen molar-refractivity contribution in [1.29, 1.82) is 0 Å². The van der Waals surface area contributed by atoms with Crippen LogP contribution in [0.5, 0.6) is 0 Å². The Morgan fingerprint density at radius 2 is 1.86 bits per heavy atom. The zero-order chi connectivity index (χ0) is 21.0. The Bertz CT molecular complexity index is 952. The molecule has 0 aliphatic heterocycles. The van der Waals surface area contributed by atoms with Crippen LogP contribution < -0.4 is 0 Å². The Labute approximate surface area is 178 Å². The van der Waals surface area contributed by atoms with Gasteiger partial charge in [0.1, 0.15) is 5.01 Å². The quantitative estimate of drug-likeness (QED) is 0.450. The second-order valence-electron chi connectivity index (χ2n) is 7.74. The van der Waals surface area contributed by atoms with Crippen LogP contribution in [0, 0.1) is 12.8 Å². The Morgan fingerprint density at radius 3 is 2.48 bits per heavy atom. The fourth-order valence-corrected chi connectivity index (χ4v) is 4.36. The van der Waals surface area contributed by atoms with Gasteiger partial charge in [0, 0.05) is 36.3 Å². The highest BCUT2D eigenvalue weighted by molar-refractivity contribution is 7.13. The first-order chi connectivity index (χ1) is 14.0. The zero-order valence-corrected chi connectivity index (χ0v) is 18.9. The van der Waals surface area contributed by atoms with Gasteiger partial charge in [-0.25, -0.2) is 4.98 Å². The van der Waals surface area contributed by atoms with Crippen LogP contribution in [0.25, 0.3) is 22.0 Å². The minimum atomic E-state index is 0.107. The van der Waals surface area contributed by atoms with Crippen molar-refractivity contribution < 1.29 is 4.79 Å². The standard InChI is InChI=1S/C24H31N3OS/c1-6-26(7-2)24(28)20-15-22(27(18(20)5)14-13-17(3)4)21-16-29-23(25-21)19-11-9-8-10-12-19/h8-12,15-17H,6-7,13-14H2,1-5H3. The SMILES string of the molecule is CCN(CC)C(=O)c1cc(-c2csc(-c3ccccc3)n2)n(CCC(C)C)c1C. The third kappa shape index (κ3) is 4.61. The maximum absolute atomic E-state index is 13.1. The molecular weight excluding hydrogens is 378 g/mol. The van der Waals surface area contributed by atoms with E-state index in [1.165, 1.54) is 0 Å². The molecule has 0 saturated carbocycles. The van der Waals surface area contributed by atoms with E-state index >= 15 is 0 Å². The third-order valence-electron chi connectivity index (χ3n) is 5.36. The molecule has 0 N–H and O–H groups in total. The lowest BCUT2D eigenvalue weighted by atomic mass is 10.1. The van der Waals surface area contributed by atoms with Crippen LogP contribution in [-0.2, 0) is 6.54 Å². The molecule has 29 heavy (non-hydrogen) atoms. The van der Waals surface area contributed by atoms with Crippen molar-refractivity contribution in [3.8, 4) is 22.0 Å². The van der Waals surface area contributed by atoms with Crippen LogP contribution in [-0.4, -0.2) is 33.4 Å². The lowest BCUT2D eigenvalue weighted by molar-refractivity contribution is 0.0772. The van der Waals surface area contributed by atoms with Gasteiger partial charge in [0.15, 0.2) is 0 Å². The van der Waals surface area contributed by atoms with Gasteiger partial charge in [-0.1, -0.05) is 44.2 Å². The molecule has 1 aromatic carbocycles. The van der Waals surface area contributed by atoms with Crippen molar-refractivity contribution in [1.82, 2.24) is 14.5 Å². The van der Waals surface area contributed by atoms with E-state index in [2.05, 4.69) is 42.9 Å². The molecule has 2 aromatic heterocycles. The minimum absolute atomic E-state index is 0.107. The van der Waals surface area contributed by atoms with E-state index in [1.807, 2.05) is 43.0 Å². The molecular formula is C24H31N3OS. The van der Waals surface area contributed by atoms with Gasteiger partial charge < -0.3 is 9.47 Å². The summed E-state index contributed by atoms with van der Waals surface area (Å²) >= 11 is 1.65. The molecule has 0 bridgehead atoms. The molecule has 3 rings (SSSR count). The molecule has 0 fully saturated rings. The highest BCUT2D eigenvalue weighted by Crippen LogP contribution is 2.32. The minimum Gasteiger partial charge on any atom is -0.343 e. The Hall–Kier alpha value is -2.40. The number of hydrogen-bond acceptors (Lipinski definition) is 3. The Morgan fingerprint density at radius 1 is 1.17 bits per heavy atom. The van der Waals surface area contributed by atoms with Crippen LogP contribution in [0.15, 0.2) is 41.8 Å². The predicted molar refractivity (Wildman–Crippen MR) is 122 cm³/mol. The molecule has 5 heteroatoms. The molecule has 0 aliphatic rings. The molecule has 0 unspecified atom stereocenters. The van der Waals surface area contributed by atoms with Gasteiger partial charge in [-0.3, -0.25) is 4.79 Å². The van der Waals surface area contributed by atoms with Crippen molar-refractivity contribution in [2.24, 2.45) is 5.92 Å². The summed E-state index contributed by atoms with van der Waals surface area (Å²) in [7, 11) is 0. The monoisotopic (exact) mass is 409 g/mol. The van der Waals surface area contributed by atoms with Gasteiger partial charge in [-0.05, 0) is 39.2 Å². The molecule has 0 radical (unpaired) electrons. The Balaban J connectivity index is 2.04. The van der Waals surface area contributed by atoms with Gasteiger partial charge >= 0.3 is 0 Å². The van der Waals surface area contributed by atoms with Gasteiger partial charge in [0.2, 0.25) is 0 Å². The summed E-state index contributed by atoms with van der Waals surface area (Å²) in [6, 6.07) is 12.3. The van der Waals surface area contributed by atoms with E-state index in [9.17, 15) is 4.79 Å². The van der Waals surface area contributed by atoms with E-state index in [4.69, 9.17) is 4.98 Å². The van der Waals surface area contributed by atoms with Crippen LogP contribution in [0.2, 0.25) is 0 Å². The number of benzene rings is 1. The fraction of sp³-hybridized carbons (Fsp3) is 0.417. The maximum Gasteiger partial charge on any atom is 0.255 e. The molecule has 0 atom stereocenters. The molecule has 1 amide bonds. The first-order valence-electron chi connectivity index (χ1n) is 10.5. The van der Waals surface area contributed by atoms with Crippen molar-refractivity contribution in [3.05, 3.63) is 53.0 Å². The first kappa shape index (κ1) is 21.3. The summed E-state index contributed by atoms with van der Waals surface area (Å²) in [5.74, 6) is 0.706. The van der Waals surface area contributed by atoms with Gasteiger partial charge in [-0.2, -0.15) is 0 Å². The van der Waals surface area contributed by atoms with Gasteiger partial charge in [0.05, 0.1) is 17.0 Å². The number of thiazole rings is 1. The van der Waals surface area contributed by atoms with Crippen LogP contribution in [0.1, 0.15) is 50.2 Å². The van der Waals surface area contributed by atoms with Crippen molar-refractivity contribution >= 4 is 17.2 Å². The van der Waals surface area contributed by atoms with E-state index in [0.717, 1.165) is 59.3 Å². The maximum atomic E-state index is 13.1. The molecule has 0 spiro atoms. The number of hydrogen-bond donors (Lipinski definition) is 0. The summed E-state index contributed by atoms with van der Waals surface area (Å²) in [6.07, 6.45) is 1.07. The smallest absolute Gasteiger partial charge is 0.255 e. The average molecular weight is 410 g/mol. The Kier molecular flexibility index (Phi) is 6.91. The largest absolute Gasteiger partial charge is 0.343 e. The highest BCUT2D eigenvalue weighted by Gasteiger charge is 2.23. The number of aromatic nitrogens is 2. The highest BCUT2D eigenvalue weighted by atomic mass is 32.1. The number of nitrogens with zero attached hydrogens (tertiary/aromatic N) is 3. The van der Waals surface area contributed by atoms with Crippen molar-refractivity contribution in [2.45, 2.75) is 47.6 Å². The number of amides is 1. The van der Waals surface area contributed by atoms with Gasteiger partial charge in [-0.15, -0.1) is 11.3 Å². The van der Waals surface area contributed by atoms with Crippen LogP contribution in [0.4, 0.5) is 0 Å². The lowest BCUT2D eigenvalue weighted by Gasteiger charge is -2.18. The van der Waals surface area contributed by atoms with E-state index in [1.54, 1.807) is 11.3 Å². The summed E-state index contributed by atoms with van der Waals surface area (Å²) in [5, 5.41) is 3.11. The van der Waals surface area contributed by atoms with Crippen molar-refractivity contribution in [3.63, 3.8) is 0 Å². The van der Waals surface area contributed by atoms with Crippen LogP contribution in [0.3, 0.4) is 0 Å². The van der Waals surface area contributed by atoms with Gasteiger partial charge in [0.25, 0.3) is 5.91 Å². The molecule has 0 aliphatic carbocycles. The predicted octanol–water partition coefficient (Wildman–Crippen LogP) is 6.12. The molecule has 4 nitrogen and oxygen atoms in total. The van der Waals surface area contributed by atoms with E-state index in [0.29, 0.717) is 5.92 Å². The van der Waals surface area contributed by atoms with E-state index in [-0.39, 0.29) is 5.91 Å². The zero-order valence-electron chi connectivity index (χ0n) is 18.1. The fourth-order valence-electron chi connectivity index (χ4n) is 3.54. The van der Waals surface area contributed by atoms with Crippen molar-refractivity contribution in [2.75, 3.05) is 13.1 Å². The first-order valence-corrected chi connectivity index (χ1v) is 11.3. The number of carbonyl (C=O) groups is 1. The second-order valence-corrected chi connectivity index (χ2v) is 8.60. The average Bonchev–Trinajstić information content (AvgIpc) is 3.33. The molecule has 3 aromatic rings. The lowest BCUT2D eigenvalue weighted by Crippen LogP contribution is -2.30. The molecule has 2 heterocycles. The van der Waals surface area contributed by atoms with Crippen LogP contribution >= 0.6 is 11.3 Å². The summed E-state index contributed by atoms with van der Waals surface area (Å²) in [5.41, 5.74) is 4.94. The second kappa shape index (κ2) is 9.40. The molecule has 0 saturated heterocycles. The van der Waals surface area contributed by atoms with E-state index < -0.39 is 0 Å². The summed E-state index contributed by atoms with van der Waals surface area (Å²) < 4.78 is 2.28. The number of carbonyl (C=O) groups excluding carboxylic acids is 1. The molecule has 154 valence electrons.